The van der Waals surface area contributed by atoms with Crippen molar-refractivity contribution in [3.63, 3.8) is 0 Å². The van der Waals surface area contributed by atoms with E-state index in [0.29, 0.717) is 25.1 Å². The summed E-state index contributed by atoms with van der Waals surface area (Å²) in [5, 5.41) is 25.6. The smallest absolute Gasteiger partial charge is 0.328 e. The van der Waals surface area contributed by atoms with Crippen LogP contribution in [0.5, 0.6) is 0 Å². The maximum atomic E-state index is 13.6. The molecule has 1 saturated heterocycles. The Morgan fingerprint density at radius 1 is 0.886 bits per heavy atom. The summed E-state index contributed by atoms with van der Waals surface area (Å²) in [6.07, 6.45) is 3.14. The van der Waals surface area contributed by atoms with Gasteiger partial charge in [0, 0.05) is 17.7 Å². The van der Waals surface area contributed by atoms with Crippen molar-refractivity contribution in [1.29, 1.82) is 5.26 Å². The molecule has 44 heavy (non-hydrogen) atoms. The Labute approximate surface area is 256 Å². The molecule has 1 fully saturated rings. The highest BCUT2D eigenvalue weighted by atomic mass is 32.2. The van der Waals surface area contributed by atoms with Crippen LogP contribution in [0.15, 0.2) is 102 Å². The molecule has 1 unspecified atom stereocenters. The van der Waals surface area contributed by atoms with Crippen LogP contribution in [0.25, 0.3) is 0 Å². The fourth-order valence-corrected chi connectivity index (χ4v) is 7.43. The van der Waals surface area contributed by atoms with Gasteiger partial charge in [-0.05, 0) is 62.2 Å². The zero-order chi connectivity index (χ0) is 31.7. The monoisotopic (exact) mass is 615 g/mol. The lowest BCUT2D eigenvalue weighted by Gasteiger charge is -2.39. The first kappa shape index (κ1) is 32.3. The maximum absolute atomic E-state index is 13.6. The molecule has 2 heterocycles. The van der Waals surface area contributed by atoms with Gasteiger partial charge in [0.05, 0.1) is 29.0 Å². The third kappa shape index (κ3) is 7.47. The minimum absolute atomic E-state index is 0.0850. The molecule has 5 rings (SSSR count). The number of rotatable bonds is 8. The summed E-state index contributed by atoms with van der Waals surface area (Å²) in [5.74, 6) is -2.69. The molecule has 0 saturated carbocycles. The molecule has 3 aromatic rings. The number of hydrogen-bond donors (Lipinski definition) is 2. The number of carbonyl (C=O) groups is 3. The van der Waals surface area contributed by atoms with Crippen LogP contribution in [-0.2, 0) is 25.0 Å². The van der Waals surface area contributed by atoms with Gasteiger partial charge in [0.15, 0.2) is 5.78 Å². The number of fused-ring (bicyclic) bond motifs is 1. The average Bonchev–Trinajstić information content (AvgIpc) is 3.04. The molecule has 10 nitrogen and oxygen atoms in total. The van der Waals surface area contributed by atoms with E-state index in [9.17, 15) is 28.1 Å². The Morgan fingerprint density at radius 2 is 1.43 bits per heavy atom. The summed E-state index contributed by atoms with van der Waals surface area (Å²) >= 11 is 0. The third-order valence-electron chi connectivity index (χ3n) is 7.94. The van der Waals surface area contributed by atoms with Crippen LogP contribution < -0.4 is 0 Å². The summed E-state index contributed by atoms with van der Waals surface area (Å²) in [6.45, 7) is 2.04. The number of sulfonamides is 1. The number of nitriles is 1. The molecule has 1 atom stereocenters. The quantitative estimate of drug-likeness (QED) is 0.353. The Morgan fingerprint density at radius 3 is 2.00 bits per heavy atom. The summed E-state index contributed by atoms with van der Waals surface area (Å²) in [6, 6.07) is 28.1. The highest BCUT2D eigenvalue weighted by Crippen LogP contribution is 2.37. The van der Waals surface area contributed by atoms with Crippen molar-refractivity contribution in [2.75, 3.05) is 26.2 Å². The molecule has 11 heteroatoms. The van der Waals surface area contributed by atoms with Crippen LogP contribution >= 0.6 is 0 Å². The second-order valence-corrected chi connectivity index (χ2v) is 12.5. The molecule has 0 aliphatic carbocycles. The minimum Gasteiger partial charge on any atom is -0.478 e. The number of hydrogen-bond acceptors (Lipinski definition) is 7. The topological polar surface area (TPSA) is 156 Å². The first-order valence-corrected chi connectivity index (χ1v) is 15.5. The fraction of sp³-hybridized carbons (Fsp3) is 0.273. The highest BCUT2D eigenvalue weighted by molar-refractivity contribution is 7.89. The van der Waals surface area contributed by atoms with E-state index in [0.717, 1.165) is 37.1 Å². The number of ketones is 1. The number of benzene rings is 3. The van der Waals surface area contributed by atoms with Crippen molar-refractivity contribution in [3.05, 3.63) is 114 Å². The van der Waals surface area contributed by atoms with Gasteiger partial charge in [-0.3, -0.25) is 4.79 Å². The number of carboxylic acid groups (broad SMARTS) is 2. The van der Waals surface area contributed by atoms with Crippen molar-refractivity contribution in [2.45, 2.75) is 35.6 Å². The third-order valence-corrected chi connectivity index (χ3v) is 9.86. The molecule has 0 amide bonds. The summed E-state index contributed by atoms with van der Waals surface area (Å²) in [7, 11) is -3.82. The molecule has 0 radical (unpaired) electrons. The molecule has 3 aromatic carbocycles. The summed E-state index contributed by atoms with van der Waals surface area (Å²) < 4.78 is 28.6. The SMILES string of the molecule is N#CC1(c2ccccc2)CCN(CCC(c2ccccc2)N2CC(=O)c3ccccc3S2(=O)=O)CC1.O=C(O)C=CC(=O)O. The number of likely N-dealkylation sites (tertiary alicyclic amines) is 1. The van der Waals surface area contributed by atoms with Crippen LogP contribution in [0.1, 0.15) is 46.8 Å². The summed E-state index contributed by atoms with van der Waals surface area (Å²) in [4.78, 5) is 34.4. The van der Waals surface area contributed by atoms with E-state index in [1.165, 1.54) is 10.4 Å². The number of carboxylic acids is 2. The summed E-state index contributed by atoms with van der Waals surface area (Å²) in [5.41, 5.74) is 1.72. The Balaban J connectivity index is 0.000000488. The molecule has 228 valence electrons. The predicted molar refractivity (Wildman–Crippen MR) is 162 cm³/mol. The van der Waals surface area contributed by atoms with Gasteiger partial charge in [0.25, 0.3) is 0 Å². The number of Topliss-reactive ketones (excluding diaryl/α,β-unsaturated/α-hetero) is 1. The Bertz CT molecular complexity index is 1640. The van der Waals surface area contributed by atoms with Crippen LogP contribution in [0.4, 0.5) is 0 Å². The van der Waals surface area contributed by atoms with Gasteiger partial charge in [-0.2, -0.15) is 9.57 Å². The van der Waals surface area contributed by atoms with Crippen molar-refractivity contribution < 1.29 is 33.0 Å². The second kappa shape index (κ2) is 14.2. The van der Waals surface area contributed by atoms with Gasteiger partial charge in [-0.15, -0.1) is 0 Å². The van der Waals surface area contributed by atoms with Crippen LogP contribution in [0.2, 0.25) is 0 Å². The zero-order valence-electron chi connectivity index (χ0n) is 24.0. The molecule has 0 spiro atoms. The largest absolute Gasteiger partial charge is 0.478 e. The molecular formula is C33H33N3O7S. The van der Waals surface area contributed by atoms with Crippen LogP contribution in [-0.4, -0.2) is 71.7 Å². The molecule has 0 bridgehead atoms. The van der Waals surface area contributed by atoms with Gasteiger partial charge < -0.3 is 15.1 Å². The normalized spacial score (nSPS) is 18.3. The minimum atomic E-state index is -3.82. The van der Waals surface area contributed by atoms with Gasteiger partial charge in [-0.25, -0.2) is 18.0 Å². The van der Waals surface area contributed by atoms with Crippen LogP contribution in [0, 0.1) is 11.3 Å². The van der Waals surface area contributed by atoms with Crippen molar-refractivity contribution in [3.8, 4) is 6.07 Å². The molecule has 0 aromatic heterocycles. The van der Waals surface area contributed by atoms with Crippen LogP contribution in [0.3, 0.4) is 0 Å². The van der Waals surface area contributed by atoms with Gasteiger partial charge in [-0.1, -0.05) is 72.8 Å². The molecule has 2 aliphatic rings. The fourth-order valence-electron chi connectivity index (χ4n) is 5.62. The average molecular weight is 616 g/mol. The number of nitrogens with zero attached hydrogens (tertiary/aromatic N) is 3. The highest BCUT2D eigenvalue weighted by Gasteiger charge is 2.41. The standard InChI is InChI=1S/C29H29N3O3S.C4H4O4/c30-22-29(24-11-5-2-6-12-24)16-19-31(20-17-29)18-15-26(23-9-3-1-4-10-23)32-21-27(33)25-13-7-8-14-28(25)36(32,34)35;5-3(6)1-2-4(7)8/h1-14,26H,15-21H2;1-2H,(H,5,6)(H,7,8). The first-order valence-electron chi connectivity index (χ1n) is 14.1. The van der Waals surface area contributed by atoms with E-state index in [2.05, 4.69) is 11.0 Å². The van der Waals surface area contributed by atoms with E-state index in [4.69, 9.17) is 10.2 Å². The lowest BCUT2D eigenvalue weighted by molar-refractivity contribution is -0.134. The number of aliphatic carboxylic acids is 2. The Kier molecular flexibility index (Phi) is 10.4. The number of piperidine rings is 1. The van der Waals surface area contributed by atoms with Gasteiger partial charge in [0.2, 0.25) is 10.0 Å². The zero-order valence-corrected chi connectivity index (χ0v) is 24.8. The number of carbonyl (C=O) groups excluding carboxylic acids is 1. The van der Waals surface area contributed by atoms with Crippen molar-refractivity contribution >= 4 is 27.7 Å². The predicted octanol–water partition coefficient (Wildman–Crippen LogP) is 4.27. The molecular weight excluding hydrogens is 582 g/mol. The van der Waals surface area contributed by atoms with Gasteiger partial charge >= 0.3 is 11.9 Å². The Hall–Kier alpha value is -4.63. The van der Waals surface area contributed by atoms with E-state index in [-0.39, 0.29) is 22.8 Å². The first-order chi connectivity index (χ1) is 21.1. The van der Waals surface area contributed by atoms with E-state index >= 15 is 0 Å². The van der Waals surface area contributed by atoms with E-state index in [1.807, 2.05) is 60.7 Å². The van der Waals surface area contributed by atoms with E-state index < -0.39 is 33.4 Å². The van der Waals surface area contributed by atoms with Crippen molar-refractivity contribution in [2.24, 2.45) is 0 Å². The van der Waals surface area contributed by atoms with E-state index in [1.54, 1.807) is 18.2 Å². The second-order valence-electron chi connectivity index (χ2n) is 10.6. The lowest BCUT2D eigenvalue weighted by atomic mass is 9.74. The van der Waals surface area contributed by atoms with Gasteiger partial charge in [0.1, 0.15) is 0 Å². The maximum Gasteiger partial charge on any atom is 0.328 e. The van der Waals surface area contributed by atoms with Crippen molar-refractivity contribution in [1.82, 2.24) is 9.21 Å². The molecule has 2 N–H and O–H groups in total. The lowest BCUT2D eigenvalue weighted by Crippen LogP contribution is -2.45. The molecule has 2 aliphatic heterocycles.